The SMILES string of the molecule is CCOC(=O)c1cnn(-c2ccccc2)c1NC(=O)C(C)Cn1cc([N+](=O)[O-])cn1. The number of anilines is 1. The number of amides is 1. The monoisotopic (exact) mass is 412 g/mol. The van der Waals surface area contributed by atoms with Crippen molar-refractivity contribution in [2.24, 2.45) is 5.92 Å². The molecule has 1 atom stereocenters. The average Bonchev–Trinajstić information content (AvgIpc) is 3.36. The van der Waals surface area contributed by atoms with Crippen molar-refractivity contribution in [3.05, 3.63) is 64.6 Å². The van der Waals surface area contributed by atoms with Crippen LogP contribution in [0.2, 0.25) is 0 Å². The van der Waals surface area contributed by atoms with E-state index in [1.165, 1.54) is 21.8 Å². The van der Waals surface area contributed by atoms with E-state index in [1.807, 2.05) is 6.07 Å². The van der Waals surface area contributed by atoms with E-state index in [0.717, 1.165) is 6.20 Å². The molecule has 11 nitrogen and oxygen atoms in total. The van der Waals surface area contributed by atoms with Crippen LogP contribution in [-0.2, 0) is 16.1 Å². The van der Waals surface area contributed by atoms with E-state index in [1.54, 1.807) is 38.1 Å². The summed E-state index contributed by atoms with van der Waals surface area (Å²) in [4.78, 5) is 35.3. The summed E-state index contributed by atoms with van der Waals surface area (Å²) in [6.45, 7) is 3.63. The number of rotatable bonds is 8. The summed E-state index contributed by atoms with van der Waals surface area (Å²) < 4.78 is 7.82. The average molecular weight is 412 g/mol. The van der Waals surface area contributed by atoms with Gasteiger partial charge in [-0.2, -0.15) is 10.2 Å². The van der Waals surface area contributed by atoms with Crippen molar-refractivity contribution < 1.29 is 19.2 Å². The van der Waals surface area contributed by atoms with Gasteiger partial charge in [-0.25, -0.2) is 9.48 Å². The van der Waals surface area contributed by atoms with Crippen molar-refractivity contribution in [2.45, 2.75) is 20.4 Å². The Labute approximate surface area is 171 Å². The van der Waals surface area contributed by atoms with E-state index in [4.69, 9.17) is 4.74 Å². The molecule has 156 valence electrons. The second-order valence-electron chi connectivity index (χ2n) is 6.44. The van der Waals surface area contributed by atoms with Crippen molar-refractivity contribution in [3.8, 4) is 5.69 Å². The van der Waals surface area contributed by atoms with Crippen molar-refractivity contribution in [2.75, 3.05) is 11.9 Å². The van der Waals surface area contributed by atoms with Crippen LogP contribution in [0.15, 0.2) is 48.9 Å². The molecule has 0 fully saturated rings. The van der Waals surface area contributed by atoms with Gasteiger partial charge in [-0.05, 0) is 19.1 Å². The van der Waals surface area contributed by atoms with Crippen LogP contribution in [0, 0.1) is 16.0 Å². The quantitative estimate of drug-likeness (QED) is 0.341. The lowest BCUT2D eigenvalue weighted by molar-refractivity contribution is -0.385. The van der Waals surface area contributed by atoms with Crippen LogP contribution < -0.4 is 5.32 Å². The van der Waals surface area contributed by atoms with Gasteiger partial charge in [-0.3, -0.25) is 19.6 Å². The Morgan fingerprint density at radius 3 is 2.60 bits per heavy atom. The molecule has 0 radical (unpaired) electrons. The number of ether oxygens (including phenoxy) is 1. The molecule has 0 saturated carbocycles. The first-order valence-corrected chi connectivity index (χ1v) is 9.19. The van der Waals surface area contributed by atoms with Gasteiger partial charge in [0.05, 0.1) is 35.9 Å². The highest BCUT2D eigenvalue weighted by molar-refractivity contribution is 6.01. The lowest BCUT2D eigenvalue weighted by Crippen LogP contribution is -2.26. The van der Waals surface area contributed by atoms with Gasteiger partial charge < -0.3 is 10.1 Å². The molecule has 0 spiro atoms. The first-order valence-electron chi connectivity index (χ1n) is 9.19. The fourth-order valence-electron chi connectivity index (χ4n) is 2.74. The molecule has 11 heteroatoms. The minimum atomic E-state index is -0.606. The third kappa shape index (κ3) is 4.51. The van der Waals surface area contributed by atoms with E-state index in [9.17, 15) is 19.7 Å². The summed E-state index contributed by atoms with van der Waals surface area (Å²) in [6, 6.07) is 9.01. The third-order valence-corrected chi connectivity index (χ3v) is 4.25. The van der Waals surface area contributed by atoms with Crippen LogP contribution in [0.4, 0.5) is 11.5 Å². The highest BCUT2D eigenvalue weighted by Crippen LogP contribution is 2.22. The van der Waals surface area contributed by atoms with Crippen LogP contribution in [0.1, 0.15) is 24.2 Å². The maximum atomic E-state index is 12.8. The molecule has 30 heavy (non-hydrogen) atoms. The van der Waals surface area contributed by atoms with E-state index < -0.39 is 22.7 Å². The minimum Gasteiger partial charge on any atom is -0.462 e. The number of nitrogens with one attached hydrogen (secondary N) is 1. The van der Waals surface area contributed by atoms with Crippen molar-refractivity contribution in [1.82, 2.24) is 19.6 Å². The van der Waals surface area contributed by atoms with Gasteiger partial charge in [-0.1, -0.05) is 25.1 Å². The number of benzene rings is 1. The number of hydrogen-bond donors (Lipinski definition) is 1. The molecule has 1 aromatic carbocycles. The van der Waals surface area contributed by atoms with Crippen LogP contribution in [0.25, 0.3) is 5.69 Å². The number of aromatic nitrogens is 4. The first kappa shape index (κ1) is 20.7. The Morgan fingerprint density at radius 1 is 1.23 bits per heavy atom. The van der Waals surface area contributed by atoms with E-state index in [0.29, 0.717) is 5.69 Å². The van der Waals surface area contributed by atoms with Crippen LogP contribution >= 0.6 is 0 Å². The molecular weight excluding hydrogens is 392 g/mol. The fraction of sp³-hybridized carbons (Fsp3) is 0.263. The number of carbonyl (C=O) groups is 2. The predicted octanol–water partition coefficient (Wildman–Crippen LogP) is 2.43. The minimum absolute atomic E-state index is 0.119. The van der Waals surface area contributed by atoms with Crippen molar-refractivity contribution in [3.63, 3.8) is 0 Å². The standard InChI is InChI=1S/C19H20N6O5/c1-3-30-19(27)16-10-21-24(14-7-5-4-6-8-14)17(16)22-18(26)13(2)11-23-12-15(9-20-23)25(28)29/h4-10,12-13H,3,11H2,1-2H3,(H,22,26). The van der Waals surface area contributed by atoms with Gasteiger partial charge in [0.2, 0.25) is 5.91 Å². The number of nitrogens with zero attached hydrogens (tertiary/aromatic N) is 5. The van der Waals surface area contributed by atoms with Gasteiger partial charge in [0, 0.05) is 0 Å². The molecule has 0 aliphatic heterocycles. The van der Waals surface area contributed by atoms with Crippen molar-refractivity contribution in [1.29, 1.82) is 0 Å². The first-order chi connectivity index (χ1) is 14.4. The summed E-state index contributed by atoms with van der Waals surface area (Å²) >= 11 is 0. The van der Waals surface area contributed by atoms with E-state index >= 15 is 0 Å². The molecule has 1 amide bonds. The van der Waals surface area contributed by atoms with Crippen LogP contribution in [0.3, 0.4) is 0 Å². The Kier molecular flexibility index (Phi) is 6.20. The van der Waals surface area contributed by atoms with E-state index in [2.05, 4.69) is 15.5 Å². The summed E-state index contributed by atoms with van der Waals surface area (Å²) in [5, 5.41) is 21.6. The Balaban J connectivity index is 1.84. The predicted molar refractivity (Wildman–Crippen MR) is 106 cm³/mol. The highest BCUT2D eigenvalue weighted by Gasteiger charge is 2.24. The van der Waals surface area contributed by atoms with Crippen molar-refractivity contribution >= 4 is 23.4 Å². The molecule has 1 unspecified atom stereocenters. The molecule has 2 aromatic heterocycles. The molecule has 0 aliphatic carbocycles. The molecule has 1 N–H and O–H groups in total. The molecule has 3 rings (SSSR count). The molecule has 2 heterocycles. The lowest BCUT2D eigenvalue weighted by Gasteiger charge is -2.15. The maximum Gasteiger partial charge on any atom is 0.343 e. The Bertz CT molecular complexity index is 1060. The Morgan fingerprint density at radius 2 is 1.97 bits per heavy atom. The second kappa shape index (κ2) is 8.99. The smallest absolute Gasteiger partial charge is 0.343 e. The second-order valence-corrected chi connectivity index (χ2v) is 6.44. The summed E-state index contributed by atoms with van der Waals surface area (Å²) in [5.41, 5.74) is 0.615. The van der Waals surface area contributed by atoms with E-state index in [-0.39, 0.29) is 30.2 Å². The number of carbonyl (C=O) groups excluding carboxylic acids is 2. The number of nitro groups is 1. The number of hydrogen-bond acceptors (Lipinski definition) is 7. The zero-order chi connectivity index (χ0) is 21.7. The molecule has 0 bridgehead atoms. The topological polar surface area (TPSA) is 134 Å². The highest BCUT2D eigenvalue weighted by atomic mass is 16.6. The number of esters is 1. The largest absolute Gasteiger partial charge is 0.462 e. The number of para-hydroxylation sites is 1. The maximum absolute atomic E-state index is 12.8. The molecule has 0 saturated heterocycles. The van der Waals surface area contributed by atoms with Crippen LogP contribution in [-0.4, -0.2) is 43.0 Å². The molecule has 3 aromatic rings. The normalized spacial score (nSPS) is 11.7. The summed E-state index contributed by atoms with van der Waals surface area (Å²) in [5.74, 6) is -1.43. The van der Waals surface area contributed by atoms with Gasteiger partial charge in [0.15, 0.2) is 5.82 Å². The van der Waals surface area contributed by atoms with Gasteiger partial charge in [-0.15, -0.1) is 0 Å². The summed E-state index contributed by atoms with van der Waals surface area (Å²) in [7, 11) is 0. The van der Waals surface area contributed by atoms with Gasteiger partial charge in [0.25, 0.3) is 0 Å². The van der Waals surface area contributed by atoms with Crippen LogP contribution in [0.5, 0.6) is 0 Å². The third-order valence-electron chi connectivity index (χ3n) is 4.25. The molecular formula is C19H20N6O5. The Hall–Kier alpha value is -4.02. The van der Waals surface area contributed by atoms with Gasteiger partial charge >= 0.3 is 11.7 Å². The lowest BCUT2D eigenvalue weighted by atomic mass is 10.1. The molecule has 0 aliphatic rings. The van der Waals surface area contributed by atoms with Gasteiger partial charge in [0.1, 0.15) is 18.0 Å². The fourth-order valence-corrected chi connectivity index (χ4v) is 2.74. The zero-order valence-electron chi connectivity index (χ0n) is 16.4. The summed E-state index contributed by atoms with van der Waals surface area (Å²) in [6.07, 6.45) is 3.71. The zero-order valence-corrected chi connectivity index (χ0v) is 16.4.